The van der Waals surface area contributed by atoms with Gasteiger partial charge in [-0.3, -0.25) is 9.59 Å². The fraction of sp³-hybridized carbons (Fsp3) is 0.800. The summed E-state index contributed by atoms with van der Waals surface area (Å²) in [5.74, 6) is -0.408. The first-order valence-corrected chi connectivity index (χ1v) is 4.96. The smallest absolute Gasteiger partial charge is 0.224 e. The van der Waals surface area contributed by atoms with Gasteiger partial charge in [-0.2, -0.15) is 0 Å². The van der Waals surface area contributed by atoms with Crippen molar-refractivity contribution < 1.29 is 9.59 Å². The van der Waals surface area contributed by atoms with Gasteiger partial charge in [0.25, 0.3) is 0 Å². The molecule has 0 heterocycles. The van der Waals surface area contributed by atoms with Crippen LogP contribution in [0.3, 0.4) is 0 Å². The lowest BCUT2D eigenvalue weighted by molar-refractivity contribution is -0.127. The number of carbonyl (C=O) groups excluding carboxylic acids is 2. The Kier molecular flexibility index (Phi) is 5.20. The van der Waals surface area contributed by atoms with Crippen LogP contribution in [-0.4, -0.2) is 18.4 Å². The van der Waals surface area contributed by atoms with E-state index >= 15 is 0 Å². The molecule has 0 fully saturated rings. The normalized spacial score (nSPS) is 11.1. The van der Waals surface area contributed by atoms with Crippen LogP contribution in [0.2, 0.25) is 0 Å². The largest absolute Gasteiger partial charge is 0.369 e. The summed E-state index contributed by atoms with van der Waals surface area (Å²) in [6.45, 7) is 5.77. The summed E-state index contributed by atoms with van der Waals surface area (Å²) in [6.07, 6.45) is 2.39. The molecule has 0 atom stereocenters. The molecule has 0 aromatic carbocycles. The van der Waals surface area contributed by atoms with E-state index in [9.17, 15) is 9.59 Å². The highest BCUT2D eigenvalue weighted by atomic mass is 16.2. The van der Waals surface area contributed by atoms with E-state index in [-0.39, 0.29) is 5.91 Å². The van der Waals surface area contributed by atoms with Crippen molar-refractivity contribution in [3.8, 4) is 0 Å². The predicted molar refractivity (Wildman–Crippen MR) is 55.5 cm³/mol. The predicted octanol–water partition coefficient (Wildman–Crippen LogP) is 0.804. The number of rotatable bonds is 6. The van der Waals surface area contributed by atoms with E-state index in [0.29, 0.717) is 13.0 Å². The summed E-state index contributed by atoms with van der Waals surface area (Å²) in [5.41, 5.74) is 4.50. The zero-order chi connectivity index (χ0) is 11.2. The second-order valence-corrected chi connectivity index (χ2v) is 4.13. The molecule has 0 saturated heterocycles. The zero-order valence-corrected chi connectivity index (χ0v) is 9.22. The lowest BCUT2D eigenvalue weighted by Gasteiger charge is -2.20. The molecule has 3 N–H and O–H groups in total. The molecular weight excluding hydrogens is 180 g/mol. The molecule has 2 amide bonds. The Morgan fingerprint density at radius 3 is 2.36 bits per heavy atom. The highest BCUT2D eigenvalue weighted by Crippen LogP contribution is 2.11. The van der Waals surface area contributed by atoms with Crippen molar-refractivity contribution in [1.29, 1.82) is 0 Å². The number of unbranched alkanes of at least 4 members (excludes halogenated alkanes) is 1. The lowest BCUT2D eigenvalue weighted by atomic mass is 9.93. The Morgan fingerprint density at radius 1 is 1.36 bits per heavy atom. The molecular formula is C10H20N2O2. The molecule has 82 valence electrons. The average Bonchev–Trinajstić information content (AvgIpc) is 2.11. The second kappa shape index (κ2) is 5.62. The monoisotopic (exact) mass is 200 g/mol. The number of nitrogens with two attached hydrogens (primary N) is 1. The maximum absolute atomic E-state index is 11.2. The van der Waals surface area contributed by atoms with Gasteiger partial charge in [-0.15, -0.1) is 0 Å². The molecule has 0 radical (unpaired) electrons. The van der Waals surface area contributed by atoms with Crippen molar-refractivity contribution in [3.05, 3.63) is 0 Å². The van der Waals surface area contributed by atoms with Crippen LogP contribution in [0.15, 0.2) is 0 Å². The molecule has 0 aliphatic rings. The molecule has 0 bridgehead atoms. The first kappa shape index (κ1) is 12.9. The molecule has 4 heteroatoms. The van der Waals surface area contributed by atoms with Crippen LogP contribution in [0.25, 0.3) is 0 Å². The van der Waals surface area contributed by atoms with Crippen molar-refractivity contribution in [2.45, 2.75) is 40.0 Å². The summed E-state index contributed by atoms with van der Waals surface area (Å²) >= 11 is 0. The van der Waals surface area contributed by atoms with Gasteiger partial charge >= 0.3 is 0 Å². The van der Waals surface area contributed by atoms with E-state index < -0.39 is 11.3 Å². The molecule has 0 aromatic rings. The summed E-state index contributed by atoms with van der Waals surface area (Å²) in [4.78, 5) is 22.1. The summed E-state index contributed by atoms with van der Waals surface area (Å²) < 4.78 is 0. The number of primary amides is 1. The van der Waals surface area contributed by atoms with Crippen LogP contribution in [-0.2, 0) is 9.59 Å². The number of nitrogens with one attached hydrogen (secondary N) is 1. The Hall–Kier alpha value is -1.06. The fourth-order valence-corrected chi connectivity index (χ4v) is 0.832. The van der Waals surface area contributed by atoms with Gasteiger partial charge in [-0.1, -0.05) is 13.3 Å². The van der Waals surface area contributed by atoms with Crippen molar-refractivity contribution >= 4 is 11.8 Å². The van der Waals surface area contributed by atoms with Crippen molar-refractivity contribution in [2.24, 2.45) is 11.1 Å². The second-order valence-electron chi connectivity index (χ2n) is 4.13. The van der Waals surface area contributed by atoms with Gasteiger partial charge in [0.2, 0.25) is 11.8 Å². The van der Waals surface area contributed by atoms with Gasteiger partial charge < -0.3 is 11.1 Å². The first-order chi connectivity index (χ1) is 6.40. The van der Waals surface area contributed by atoms with Gasteiger partial charge in [0.1, 0.15) is 0 Å². The van der Waals surface area contributed by atoms with Crippen molar-refractivity contribution in [3.63, 3.8) is 0 Å². The molecule has 0 saturated carbocycles. The van der Waals surface area contributed by atoms with Crippen LogP contribution < -0.4 is 11.1 Å². The number of carbonyl (C=O) groups is 2. The molecule has 0 aliphatic heterocycles. The molecule has 0 unspecified atom stereocenters. The minimum Gasteiger partial charge on any atom is -0.369 e. The number of hydrogen-bond acceptors (Lipinski definition) is 2. The van der Waals surface area contributed by atoms with Gasteiger partial charge in [-0.25, -0.2) is 0 Å². The van der Waals surface area contributed by atoms with Gasteiger partial charge in [-0.05, 0) is 20.3 Å². The van der Waals surface area contributed by atoms with E-state index in [2.05, 4.69) is 5.32 Å². The topological polar surface area (TPSA) is 72.2 Å². The summed E-state index contributed by atoms with van der Waals surface area (Å²) in [5, 5.41) is 2.70. The standard InChI is InChI=1S/C10H20N2O2/c1-4-5-6-8(13)12-7-10(2,3)9(11)14/h4-7H2,1-3H3,(H2,11,14)(H,12,13). The Morgan fingerprint density at radius 2 is 1.93 bits per heavy atom. The van der Waals surface area contributed by atoms with Crippen LogP contribution in [0.5, 0.6) is 0 Å². The molecule has 4 nitrogen and oxygen atoms in total. The molecule has 0 spiro atoms. The van der Waals surface area contributed by atoms with Crippen molar-refractivity contribution in [2.75, 3.05) is 6.54 Å². The van der Waals surface area contributed by atoms with E-state index in [0.717, 1.165) is 12.8 Å². The summed E-state index contributed by atoms with van der Waals surface area (Å²) in [6, 6.07) is 0. The Bertz CT molecular complexity index is 212. The molecule has 0 aromatic heterocycles. The third-order valence-corrected chi connectivity index (χ3v) is 2.15. The SMILES string of the molecule is CCCCC(=O)NCC(C)(C)C(N)=O. The zero-order valence-electron chi connectivity index (χ0n) is 9.22. The van der Waals surface area contributed by atoms with Crippen LogP contribution in [0.1, 0.15) is 40.0 Å². The van der Waals surface area contributed by atoms with Gasteiger partial charge in [0.05, 0.1) is 5.41 Å². The molecule has 0 aliphatic carbocycles. The molecule has 14 heavy (non-hydrogen) atoms. The van der Waals surface area contributed by atoms with E-state index in [1.807, 2.05) is 6.92 Å². The van der Waals surface area contributed by atoms with Gasteiger partial charge in [0.15, 0.2) is 0 Å². The van der Waals surface area contributed by atoms with E-state index in [1.165, 1.54) is 0 Å². The Labute approximate surface area is 85.2 Å². The third-order valence-electron chi connectivity index (χ3n) is 2.15. The maximum Gasteiger partial charge on any atom is 0.224 e. The number of hydrogen-bond donors (Lipinski definition) is 2. The fourth-order valence-electron chi connectivity index (χ4n) is 0.832. The minimum absolute atomic E-state index is 0.0128. The maximum atomic E-state index is 11.2. The van der Waals surface area contributed by atoms with Crippen LogP contribution >= 0.6 is 0 Å². The van der Waals surface area contributed by atoms with E-state index in [1.54, 1.807) is 13.8 Å². The average molecular weight is 200 g/mol. The third kappa shape index (κ3) is 4.84. The lowest BCUT2D eigenvalue weighted by Crippen LogP contribution is -2.42. The number of amides is 2. The van der Waals surface area contributed by atoms with E-state index in [4.69, 9.17) is 5.73 Å². The highest BCUT2D eigenvalue weighted by molar-refractivity contribution is 5.82. The molecule has 0 rings (SSSR count). The Balaban J connectivity index is 3.82. The van der Waals surface area contributed by atoms with Crippen LogP contribution in [0.4, 0.5) is 0 Å². The van der Waals surface area contributed by atoms with Crippen molar-refractivity contribution in [1.82, 2.24) is 5.32 Å². The first-order valence-electron chi connectivity index (χ1n) is 4.96. The van der Waals surface area contributed by atoms with Crippen LogP contribution in [0, 0.1) is 5.41 Å². The van der Waals surface area contributed by atoms with Gasteiger partial charge in [0, 0.05) is 13.0 Å². The highest BCUT2D eigenvalue weighted by Gasteiger charge is 2.25. The quantitative estimate of drug-likeness (QED) is 0.665. The minimum atomic E-state index is -0.665. The summed E-state index contributed by atoms with van der Waals surface area (Å²) in [7, 11) is 0.